The van der Waals surface area contributed by atoms with Gasteiger partial charge in [0.05, 0.1) is 21.8 Å². The number of anilines is 1. The number of nitrogens with zero attached hydrogens (tertiary/aromatic N) is 1. The number of hydrogen-bond donors (Lipinski definition) is 1. The summed E-state index contributed by atoms with van der Waals surface area (Å²) in [6.45, 7) is 0. The molecule has 1 aromatic heterocycles. The molecule has 144 valence electrons. The van der Waals surface area contributed by atoms with E-state index in [2.05, 4.69) is 0 Å². The van der Waals surface area contributed by atoms with Crippen LogP contribution in [0.5, 0.6) is 0 Å². The molecule has 0 unspecified atom stereocenters. The second kappa shape index (κ2) is 6.47. The molecule has 0 amide bonds. The van der Waals surface area contributed by atoms with E-state index in [1.165, 1.54) is 13.1 Å². The number of benzene rings is 2. The van der Waals surface area contributed by atoms with Gasteiger partial charge in [0.1, 0.15) is 4.90 Å². The number of hydrogen-bond acceptors (Lipinski definition) is 4. The van der Waals surface area contributed by atoms with E-state index in [1.54, 1.807) is 0 Å². The molecule has 0 aliphatic heterocycles. The summed E-state index contributed by atoms with van der Waals surface area (Å²) in [4.78, 5) is 11.0. The van der Waals surface area contributed by atoms with Gasteiger partial charge in [-0.05, 0) is 24.3 Å². The maximum absolute atomic E-state index is 13.2. The Morgan fingerprint density at radius 3 is 2.44 bits per heavy atom. The van der Waals surface area contributed by atoms with Gasteiger partial charge in [0.15, 0.2) is 5.58 Å². The molecule has 27 heavy (non-hydrogen) atoms. The number of nitrogens with one attached hydrogen (secondary N) is 1. The topological polar surface area (TPSA) is 81.3 Å². The van der Waals surface area contributed by atoms with E-state index in [0.29, 0.717) is 6.07 Å². The predicted molar refractivity (Wildman–Crippen MR) is 93.7 cm³/mol. The lowest BCUT2D eigenvalue weighted by Gasteiger charge is -2.15. The first kappa shape index (κ1) is 19.6. The molecule has 0 saturated heterocycles. The number of rotatable bonds is 3. The normalized spacial score (nSPS) is 12.5. The van der Waals surface area contributed by atoms with Gasteiger partial charge in [0, 0.05) is 18.1 Å². The molecule has 0 aliphatic rings. The zero-order valence-corrected chi connectivity index (χ0v) is 15.6. The van der Waals surface area contributed by atoms with Crippen LogP contribution in [0.4, 0.5) is 18.9 Å². The average Bonchev–Trinajstić information content (AvgIpc) is 2.82. The number of aromatic nitrogens is 1. The van der Waals surface area contributed by atoms with Gasteiger partial charge < -0.3 is 4.42 Å². The molecule has 0 fully saturated rings. The van der Waals surface area contributed by atoms with Crippen molar-refractivity contribution in [2.75, 3.05) is 4.72 Å². The quantitative estimate of drug-likeness (QED) is 0.659. The molecule has 6 nitrogen and oxygen atoms in total. The number of aryl methyl sites for hydroxylation is 1. The maximum atomic E-state index is 13.2. The monoisotopic (exact) mass is 440 g/mol. The first-order chi connectivity index (χ1) is 12.4. The fourth-order valence-electron chi connectivity index (χ4n) is 2.37. The highest BCUT2D eigenvalue weighted by Crippen LogP contribution is 2.38. The summed E-state index contributed by atoms with van der Waals surface area (Å²) in [6.07, 6.45) is -4.84. The minimum absolute atomic E-state index is 0.0839. The number of oxazole rings is 1. The molecule has 3 aromatic rings. The lowest BCUT2D eigenvalue weighted by atomic mass is 10.2. The molecule has 0 bridgehead atoms. The molecule has 0 aliphatic carbocycles. The van der Waals surface area contributed by atoms with E-state index in [1.807, 2.05) is 4.72 Å². The molecule has 3 rings (SSSR count). The maximum Gasteiger partial charge on any atom is 0.419 e. The van der Waals surface area contributed by atoms with Crippen LogP contribution < -0.4 is 10.5 Å². The molecular formula is C15H9Cl2F3N2O4S. The van der Waals surface area contributed by atoms with Crippen molar-refractivity contribution in [3.05, 3.63) is 56.5 Å². The van der Waals surface area contributed by atoms with Crippen LogP contribution >= 0.6 is 23.2 Å². The van der Waals surface area contributed by atoms with Gasteiger partial charge >= 0.3 is 11.9 Å². The second-order valence-corrected chi connectivity index (χ2v) is 7.96. The molecular weight excluding hydrogens is 432 g/mol. The molecule has 0 radical (unpaired) electrons. The average molecular weight is 441 g/mol. The Balaban J connectivity index is 2.13. The molecule has 2 aromatic carbocycles. The minimum atomic E-state index is -4.84. The predicted octanol–water partition coefficient (Wildman–Crippen LogP) is 4.26. The van der Waals surface area contributed by atoms with Crippen LogP contribution in [0.2, 0.25) is 10.0 Å². The van der Waals surface area contributed by atoms with E-state index in [4.69, 9.17) is 27.6 Å². The van der Waals surface area contributed by atoms with Crippen LogP contribution in [0.1, 0.15) is 5.56 Å². The molecule has 0 saturated carbocycles. The lowest BCUT2D eigenvalue weighted by Crippen LogP contribution is -2.17. The highest BCUT2D eigenvalue weighted by Gasteiger charge is 2.35. The van der Waals surface area contributed by atoms with Crippen LogP contribution in [-0.2, 0) is 23.2 Å². The van der Waals surface area contributed by atoms with Gasteiger partial charge in [-0.1, -0.05) is 23.2 Å². The third-order valence-electron chi connectivity index (χ3n) is 3.67. The summed E-state index contributed by atoms with van der Waals surface area (Å²) in [6, 6.07) is 4.72. The Bertz CT molecular complexity index is 1220. The van der Waals surface area contributed by atoms with Crippen molar-refractivity contribution >= 4 is 50.0 Å². The molecule has 12 heteroatoms. The first-order valence-corrected chi connectivity index (χ1v) is 9.33. The van der Waals surface area contributed by atoms with Gasteiger partial charge in [-0.25, -0.2) is 13.2 Å². The fraction of sp³-hybridized carbons (Fsp3) is 0.133. The standard InChI is InChI=1S/C15H9Cl2F3N2O4S/c1-22-11-5-9(17)13(6-12(11)26-14(22)23)27(24,25)21-10-3-2-7(16)4-8(10)15(18,19)20/h2-6,21H,1H3. The SMILES string of the molecule is Cn1c(=O)oc2cc(S(=O)(=O)Nc3ccc(Cl)cc3C(F)(F)F)c(Cl)cc21. The fourth-order valence-corrected chi connectivity index (χ4v) is 4.16. The van der Waals surface area contributed by atoms with Gasteiger partial charge in [-0.3, -0.25) is 9.29 Å². The summed E-state index contributed by atoms with van der Waals surface area (Å²) in [5.74, 6) is -0.749. The highest BCUT2D eigenvalue weighted by atomic mass is 35.5. The Hall–Kier alpha value is -2.17. The molecule has 0 spiro atoms. The Morgan fingerprint density at radius 2 is 1.81 bits per heavy atom. The van der Waals surface area contributed by atoms with Crippen molar-refractivity contribution < 1.29 is 26.0 Å². The van der Waals surface area contributed by atoms with Gasteiger partial charge in [0.25, 0.3) is 10.0 Å². The van der Waals surface area contributed by atoms with E-state index >= 15 is 0 Å². The third-order valence-corrected chi connectivity index (χ3v) is 5.73. The van der Waals surface area contributed by atoms with Crippen LogP contribution in [-0.4, -0.2) is 13.0 Å². The van der Waals surface area contributed by atoms with Gasteiger partial charge in [0.2, 0.25) is 0 Å². The number of halogens is 5. The van der Waals surface area contributed by atoms with Crippen molar-refractivity contribution in [3.63, 3.8) is 0 Å². The van der Waals surface area contributed by atoms with Crippen LogP contribution in [0.15, 0.2) is 44.4 Å². The first-order valence-electron chi connectivity index (χ1n) is 7.09. The Morgan fingerprint density at radius 1 is 1.15 bits per heavy atom. The number of sulfonamides is 1. The van der Waals surface area contributed by atoms with Crippen molar-refractivity contribution in [1.82, 2.24) is 4.57 Å². The summed E-state index contributed by atoms with van der Waals surface area (Å²) >= 11 is 11.5. The zero-order chi connectivity index (χ0) is 20.1. The van der Waals surface area contributed by atoms with E-state index in [9.17, 15) is 26.4 Å². The van der Waals surface area contributed by atoms with Crippen LogP contribution in [0, 0.1) is 0 Å². The highest BCUT2D eigenvalue weighted by molar-refractivity contribution is 7.92. The van der Waals surface area contributed by atoms with Gasteiger partial charge in [-0.2, -0.15) is 13.2 Å². The van der Waals surface area contributed by atoms with E-state index in [-0.39, 0.29) is 21.1 Å². The Kier molecular flexibility index (Phi) is 4.69. The van der Waals surface area contributed by atoms with Crippen LogP contribution in [0.3, 0.4) is 0 Å². The molecule has 0 atom stereocenters. The number of alkyl halides is 3. The smallest absolute Gasteiger partial charge is 0.408 e. The van der Waals surface area contributed by atoms with Gasteiger partial charge in [-0.15, -0.1) is 0 Å². The summed E-state index contributed by atoms with van der Waals surface area (Å²) in [5, 5.41) is -0.510. The van der Waals surface area contributed by atoms with Crippen molar-refractivity contribution in [2.45, 2.75) is 11.1 Å². The summed E-state index contributed by atoms with van der Waals surface area (Å²) in [7, 11) is -3.14. The third kappa shape index (κ3) is 3.64. The largest absolute Gasteiger partial charge is 0.419 e. The summed E-state index contributed by atoms with van der Waals surface area (Å²) in [5.41, 5.74) is -1.84. The van der Waals surface area contributed by atoms with Crippen molar-refractivity contribution in [3.8, 4) is 0 Å². The second-order valence-electron chi connectivity index (χ2n) is 5.47. The molecule has 1 N–H and O–H groups in total. The van der Waals surface area contributed by atoms with Crippen molar-refractivity contribution in [2.24, 2.45) is 7.05 Å². The van der Waals surface area contributed by atoms with E-state index in [0.717, 1.165) is 22.8 Å². The minimum Gasteiger partial charge on any atom is -0.408 e. The lowest BCUT2D eigenvalue weighted by molar-refractivity contribution is -0.136. The van der Waals surface area contributed by atoms with E-state index < -0.39 is 38.1 Å². The van der Waals surface area contributed by atoms with Crippen molar-refractivity contribution in [1.29, 1.82) is 0 Å². The zero-order valence-electron chi connectivity index (χ0n) is 13.3. The van der Waals surface area contributed by atoms with Crippen LogP contribution in [0.25, 0.3) is 11.1 Å². The number of fused-ring (bicyclic) bond motifs is 1. The Labute approximate surface area is 160 Å². The molecule has 1 heterocycles. The summed E-state index contributed by atoms with van der Waals surface area (Å²) < 4.78 is 72.5.